The molecule has 1 fully saturated rings. The van der Waals surface area contributed by atoms with E-state index in [-0.39, 0.29) is 5.91 Å². The van der Waals surface area contributed by atoms with Gasteiger partial charge < -0.3 is 19.7 Å². The lowest BCUT2D eigenvalue weighted by Crippen LogP contribution is -2.44. The highest BCUT2D eigenvalue weighted by Crippen LogP contribution is 2.37. The van der Waals surface area contributed by atoms with E-state index < -0.39 is 6.04 Å². The second-order valence-corrected chi connectivity index (χ2v) is 7.49. The Labute approximate surface area is 180 Å². The SMILES string of the molecule is CC1=C(C(=O)N2CCOCC2)[C@H](c2cccc(Oc3ccccc3)c2)n2ncnc2N1. The van der Waals surface area contributed by atoms with Crippen molar-refractivity contribution in [1.29, 1.82) is 0 Å². The molecule has 3 aromatic rings. The maximum absolute atomic E-state index is 13.5. The van der Waals surface area contributed by atoms with Crippen molar-refractivity contribution in [3.63, 3.8) is 0 Å². The summed E-state index contributed by atoms with van der Waals surface area (Å²) < 4.78 is 13.2. The molecular formula is C23H23N5O3. The van der Waals surface area contributed by atoms with Crippen LogP contribution in [-0.2, 0) is 9.53 Å². The number of allylic oxidation sites excluding steroid dienone is 1. The fraction of sp³-hybridized carbons (Fsp3) is 0.261. The Morgan fingerprint density at radius 3 is 2.68 bits per heavy atom. The van der Waals surface area contributed by atoms with Crippen LogP contribution in [0.5, 0.6) is 11.5 Å². The fourth-order valence-electron chi connectivity index (χ4n) is 3.99. The van der Waals surface area contributed by atoms with Crippen LogP contribution in [0, 0.1) is 0 Å². The average molecular weight is 417 g/mol. The number of morpholine rings is 1. The standard InChI is InChI=1S/C23H23N5O3/c1-16-20(22(29)27-10-12-30-13-11-27)21(28-23(26-16)24-15-25-28)17-6-5-9-19(14-17)31-18-7-3-2-4-8-18/h2-9,14-15,21H,10-13H2,1H3,(H,24,25,26)/t21-/m0/s1. The van der Waals surface area contributed by atoms with Gasteiger partial charge in [-0.3, -0.25) is 4.79 Å². The number of para-hydroxylation sites is 1. The van der Waals surface area contributed by atoms with Crippen molar-refractivity contribution < 1.29 is 14.3 Å². The Balaban J connectivity index is 1.53. The van der Waals surface area contributed by atoms with Crippen molar-refractivity contribution >= 4 is 11.9 Å². The van der Waals surface area contributed by atoms with Gasteiger partial charge in [-0.2, -0.15) is 10.1 Å². The summed E-state index contributed by atoms with van der Waals surface area (Å²) >= 11 is 0. The van der Waals surface area contributed by atoms with Crippen molar-refractivity contribution in [3.8, 4) is 11.5 Å². The molecule has 2 aromatic carbocycles. The minimum Gasteiger partial charge on any atom is -0.457 e. The lowest BCUT2D eigenvalue weighted by Gasteiger charge is -2.34. The van der Waals surface area contributed by atoms with Gasteiger partial charge in [0.15, 0.2) is 0 Å². The topological polar surface area (TPSA) is 81.5 Å². The molecule has 0 saturated carbocycles. The van der Waals surface area contributed by atoms with E-state index in [4.69, 9.17) is 9.47 Å². The number of nitrogens with one attached hydrogen (secondary N) is 1. The molecule has 0 radical (unpaired) electrons. The van der Waals surface area contributed by atoms with Gasteiger partial charge >= 0.3 is 0 Å². The summed E-state index contributed by atoms with van der Waals surface area (Å²) in [5.41, 5.74) is 2.32. The van der Waals surface area contributed by atoms with Crippen molar-refractivity contribution in [1.82, 2.24) is 19.7 Å². The first-order chi connectivity index (χ1) is 15.2. The lowest BCUT2D eigenvalue weighted by molar-refractivity contribution is -0.131. The molecule has 0 spiro atoms. The lowest BCUT2D eigenvalue weighted by atomic mass is 9.94. The summed E-state index contributed by atoms with van der Waals surface area (Å²) in [7, 11) is 0. The van der Waals surface area contributed by atoms with Gasteiger partial charge in [0, 0.05) is 18.8 Å². The van der Waals surface area contributed by atoms with Crippen molar-refractivity contribution in [2.45, 2.75) is 13.0 Å². The molecule has 0 bridgehead atoms. The van der Waals surface area contributed by atoms with Crippen LogP contribution in [0.15, 0.2) is 72.2 Å². The normalized spacial score (nSPS) is 18.4. The maximum atomic E-state index is 13.5. The van der Waals surface area contributed by atoms with Crippen LogP contribution < -0.4 is 10.1 Å². The van der Waals surface area contributed by atoms with Crippen molar-refractivity contribution in [3.05, 3.63) is 77.8 Å². The number of fused-ring (bicyclic) bond motifs is 1. The highest BCUT2D eigenvalue weighted by molar-refractivity contribution is 5.96. The van der Waals surface area contributed by atoms with Crippen LogP contribution in [0.25, 0.3) is 0 Å². The molecule has 1 saturated heterocycles. The first-order valence-electron chi connectivity index (χ1n) is 10.3. The van der Waals surface area contributed by atoms with Gasteiger partial charge in [-0.15, -0.1) is 0 Å². The molecule has 1 atom stereocenters. The highest BCUT2D eigenvalue weighted by atomic mass is 16.5. The fourth-order valence-corrected chi connectivity index (χ4v) is 3.99. The Morgan fingerprint density at radius 1 is 1.10 bits per heavy atom. The van der Waals surface area contributed by atoms with E-state index in [1.807, 2.05) is 66.4 Å². The van der Waals surface area contributed by atoms with E-state index in [0.717, 1.165) is 17.0 Å². The zero-order chi connectivity index (χ0) is 21.2. The molecule has 8 nitrogen and oxygen atoms in total. The molecule has 0 aliphatic carbocycles. The number of hydrogen-bond donors (Lipinski definition) is 1. The molecule has 8 heteroatoms. The first-order valence-corrected chi connectivity index (χ1v) is 10.3. The first kappa shape index (κ1) is 19.3. The summed E-state index contributed by atoms with van der Waals surface area (Å²) in [5.74, 6) is 2.03. The van der Waals surface area contributed by atoms with E-state index in [1.165, 1.54) is 6.33 Å². The Bertz CT molecular complexity index is 1120. The molecule has 2 aliphatic heterocycles. The summed E-state index contributed by atoms with van der Waals surface area (Å²) in [5, 5.41) is 7.64. The number of nitrogens with zero attached hydrogens (tertiary/aromatic N) is 4. The number of amides is 1. The monoisotopic (exact) mass is 417 g/mol. The number of rotatable bonds is 4. The van der Waals surface area contributed by atoms with E-state index in [0.29, 0.717) is 43.6 Å². The zero-order valence-electron chi connectivity index (χ0n) is 17.2. The Kier molecular flexibility index (Phi) is 5.13. The summed E-state index contributed by atoms with van der Waals surface area (Å²) in [4.78, 5) is 19.7. The van der Waals surface area contributed by atoms with Gasteiger partial charge in [0.05, 0.1) is 18.8 Å². The second-order valence-electron chi connectivity index (χ2n) is 7.49. The summed E-state index contributed by atoms with van der Waals surface area (Å²) in [6, 6.07) is 17.0. The quantitative estimate of drug-likeness (QED) is 0.702. The van der Waals surface area contributed by atoms with Gasteiger partial charge in [-0.25, -0.2) is 4.68 Å². The average Bonchev–Trinajstić information content (AvgIpc) is 3.27. The Morgan fingerprint density at radius 2 is 1.87 bits per heavy atom. The number of ether oxygens (including phenoxy) is 2. The molecule has 1 amide bonds. The van der Waals surface area contributed by atoms with Crippen LogP contribution in [0.3, 0.4) is 0 Å². The van der Waals surface area contributed by atoms with Crippen molar-refractivity contribution in [2.75, 3.05) is 31.6 Å². The number of carbonyl (C=O) groups excluding carboxylic acids is 1. The zero-order valence-corrected chi connectivity index (χ0v) is 17.2. The highest BCUT2D eigenvalue weighted by Gasteiger charge is 2.36. The predicted octanol–water partition coefficient (Wildman–Crippen LogP) is 3.22. The smallest absolute Gasteiger partial charge is 0.254 e. The van der Waals surface area contributed by atoms with E-state index in [1.54, 1.807) is 4.68 Å². The van der Waals surface area contributed by atoms with Crippen LogP contribution in [0.2, 0.25) is 0 Å². The van der Waals surface area contributed by atoms with E-state index in [9.17, 15) is 4.79 Å². The number of benzene rings is 2. The predicted molar refractivity (Wildman–Crippen MR) is 115 cm³/mol. The van der Waals surface area contributed by atoms with Crippen LogP contribution >= 0.6 is 0 Å². The maximum Gasteiger partial charge on any atom is 0.254 e. The van der Waals surface area contributed by atoms with Crippen LogP contribution in [0.4, 0.5) is 5.95 Å². The molecule has 1 N–H and O–H groups in total. The molecule has 3 heterocycles. The Hall–Kier alpha value is -3.65. The van der Waals surface area contributed by atoms with Gasteiger partial charge in [-0.1, -0.05) is 30.3 Å². The minimum atomic E-state index is -0.409. The van der Waals surface area contributed by atoms with Crippen molar-refractivity contribution in [2.24, 2.45) is 0 Å². The third kappa shape index (κ3) is 3.77. The third-order valence-electron chi connectivity index (χ3n) is 5.48. The van der Waals surface area contributed by atoms with Gasteiger partial charge in [-0.05, 0) is 36.8 Å². The molecular weight excluding hydrogens is 394 g/mol. The largest absolute Gasteiger partial charge is 0.457 e. The summed E-state index contributed by atoms with van der Waals surface area (Å²) in [6.45, 7) is 4.15. The molecule has 1 aromatic heterocycles. The molecule has 0 unspecified atom stereocenters. The number of aromatic nitrogens is 3. The number of anilines is 1. The van der Waals surface area contributed by atoms with Gasteiger partial charge in [0.1, 0.15) is 23.9 Å². The van der Waals surface area contributed by atoms with Gasteiger partial charge in [0.2, 0.25) is 5.95 Å². The number of carbonyl (C=O) groups is 1. The third-order valence-corrected chi connectivity index (χ3v) is 5.48. The second kappa shape index (κ2) is 8.23. The van der Waals surface area contributed by atoms with E-state index in [2.05, 4.69) is 15.4 Å². The molecule has 5 rings (SSSR count). The molecule has 31 heavy (non-hydrogen) atoms. The van der Waals surface area contributed by atoms with Crippen LogP contribution in [0.1, 0.15) is 18.5 Å². The minimum absolute atomic E-state index is 0.0196. The van der Waals surface area contributed by atoms with Crippen LogP contribution in [-0.4, -0.2) is 51.9 Å². The van der Waals surface area contributed by atoms with E-state index >= 15 is 0 Å². The number of hydrogen-bond acceptors (Lipinski definition) is 6. The molecule has 158 valence electrons. The molecule has 2 aliphatic rings. The van der Waals surface area contributed by atoms with Gasteiger partial charge in [0.25, 0.3) is 5.91 Å². The summed E-state index contributed by atoms with van der Waals surface area (Å²) in [6.07, 6.45) is 1.50.